The van der Waals surface area contributed by atoms with Crippen LogP contribution >= 0.6 is 0 Å². The quantitative estimate of drug-likeness (QED) is 0.570. The highest BCUT2D eigenvalue weighted by Crippen LogP contribution is 2.11. The summed E-state index contributed by atoms with van der Waals surface area (Å²) in [7, 11) is 0. The predicted octanol–water partition coefficient (Wildman–Crippen LogP) is -0.0907. The van der Waals surface area contributed by atoms with Gasteiger partial charge in [-0.2, -0.15) is 0 Å². The lowest BCUT2D eigenvalue weighted by atomic mass is 10.3. The summed E-state index contributed by atoms with van der Waals surface area (Å²) in [5.74, 6) is 0.118. The summed E-state index contributed by atoms with van der Waals surface area (Å²) >= 11 is -1.99. The Labute approximate surface area is 67.9 Å². The molecule has 3 nitrogen and oxygen atoms in total. The molecule has 0 bridgehead atoms. The maximum atomic E-state index is 12.5. The first kappa shape index (κ1) is 9.09. The van der Waals surface area contributed by atoms with Gasteiger partial charge in [0.25, 0.3) is 0 Å². The Kier molecular flexibility index (Phi) is 3.42. The lowest BCUT2D eigenvalue weighted by Gasteiger charge is -2.14. The molecule has 0 aromatic rings. The fraction of sp³-hybridized carbons (Fsp3) is 1.00. The molecule has 1 rings (SSSR count). The van der Waals surface area contributed by atoms with E-state index in [1.165, 1.54) is 0 Å². The van der Waals surface area contributed by atoms with E-state index < -0.39 is 17.3 Å². The summed E-state index contributed by atoms with van der Waals surface area (Å²) in [6, 6.07) is 0. The van der Waals surface area contributed by atoms with Crippen LogP contribution in [0.4, 0.5) is 4.39 Å². The van der Waals surface area contributed by atoms with Gasteiger partial charge in [-0.15, -0.1) is 0 Å². The van der Waals surface area contributed by atoms with E-state index in [0.717, 1.165) is 0 Å². The third-order valence-electron chi connectivity index (χ3n) is 1.79. The van der Waals surface area contributed by atoms with Crippen molar-refractivity contribution in [2.45, 2.75) is 12.6 Å². The summed E-state index contributed by atoms with van der Waals surface area (Å²) < 4.78 is 32.7. The SMILES string of the molecule is O=S([O-])CCN1CCC(F)C1. The van der Waals surface area contributed by atoms with Gasteiger partial charge >= 0.3 is 0 Å². The molecule has 11 heavy (non-hydrogen) atoms. The minimum Gasteiger partial charge on any atom is -0.772 e. The number of nitrogens with zero attached hydrogens (tertiary/aromatic N) is 1. The van der Waals surface area contributed by atoms with Gasteiger partial charge < -0.3 is 4.55 Å². The number of halogens is 1. The van der Waals surface area contributed by atoms with E-state index in [-0.39, 0.29) is 5.75 Å². The van der Waals surface area contributed by atoms with Crippen molar-refractivity contribution in [3.63, 3.8) is 0 Å². The lowest BCUT2D eigenvalue weighted by Crippen LogP contribution is -2.25. The van der Waals surface area contributed by atoms with E-state index in [4.69, 9.17) is 0 Å². The molecule has 0 saturated carbocycles. The van der Waals surface area contributed by atoms with E-state index >= 15 is 0 Å². The molecule has 0 amide bonds. The number of alkyl halides is 1. The Morgan fingerprint density at radius 3 is 2.91 bits per heavy atom. The van der Waals surface area contributed by atoms with Gasteiger partial charge in [-0.3, -0.25) is 9.11 Å². The van der Waals surface area contributed by atoms with Crippen LogP contribution in [-0.2, 0) is 11.1 Å². The Morgan fingerprint density at radius 2 is 2.45 bits per heavy atom. The van der Waals surface area contributed by atoms with E-state index in [0.29, 0.717) is 26.1 Å². The predicted molar refractivity (Wildman–Crippen MR) is 39.7 cm³/mol. The second-order valence-corrected chi connectivity index (χ2v) is 3.71. The fourth-order valence-electron chi connectivity index (χ4n) is 1.19. The molecule has 1 aliphatic heterocycles. The summed E-state index contributed by atoms with van der Waals surface area (Å²) in [5.41, 5.74) is 0. The summed E-state index contributed by atoms with van der Waals surface area (Å²) in [5, 5.41) is 0. The highest BCUT2D eigenvalue weighted by molar-refractivity contribution is 7.79. The van der Waals surface area contributed by atoms with Crippen molar-refractivity contribution in [3.05, 3.63) is 0 Å². The van der Waals surface area contributed by atoms with Gasteiger partial charge in [-0.1, -0.05) is 11.1 Å². The molecule has 0 N–H and O–H groups in total. The molecule has 5 heteroatoms. The number of likely N-dealkylation sites (tertiary alicyclic amines) is 1. The van der Waals surface area contributed by atoms with Crippen molar-refractivity contribution in [2.75, 3.05) is 25.4 Å². The number of rotatable bonds is 3. The molecule has 0 spiro atoms. The Balaban J connectivity index is 2.13. The van der Waals surface area contributed by atoms with Crippen LogP contribution < -0.4 is 0 Å². The van der Waals surface area contributed by atoms with Gasteiger partial charge in [0.15, 0.2) is 0 Å². The maximum absolute atomic E-state index is 12.5. The highest BCUT2D eigenvalue weighted by Gasteiger charge is 2.20. The molecule has 0 radical (unpaired) electrons. The molecular weight excluding hydrogens is 169 g/mol. The van der Waals surface area contributed by atoms with Gasteiger partial charge in [-0.25, -0.2) is 4.39 Å². The van der Waals surface area contributed by atoms with E-state index in [1.54, 1.807) is 0 Å². The molecule has 66 valence electrons. The van der Waals surface area contributed by atoms with Crippen molar-refractivity contribution in [1.82, 2.24) is 4.90 Å². The molecule has 2 atom stereocenters. The molecular formula is C6H11FNO2S-. The normalized spacial score (nSPS) is 29.1. The highest BCUT2D eigenvalue weighted by atomic mass is 32.2. The molecule has 0 aromatic carbocycles. The van der Waals surface area contributed by atoms with Crippen LogP contribution in [0.15, 0.2) is 0 Å². The zero-order chi connectivity index (χ0) is 8.27. The number of hydrogen-bond donors (Lipinski definition) is 0. The van der Waals surface area contributed by atoms with E-state index in [9.17, 15) is 13.2 Å². The molecule has 1 aliphatic rings. The average Bonchev–Trinajstić information content (AvgIpc) is 2.31. The Bertz CT molecular complexity index is 156. The zero-order valence-corrected chi connectivity index (χ0v) is 6.98. The molecule has 1 saturated heterocycles. The monoisotopic (exact) mass is 180 g/mol. The van der Waals surface area contributed by atoms with Crippen molar-refractivity contribution in [1.29, 1.82) is 0 Å². The largest absolute Gasteiger partial charge is 0.772 e. The van der Waals surface area contributed by atoms with Crippen LogP contribution in [0.1, 0.15) is 6.42 Å². The molecule has 2 unspecified atom stereocenters. The molecule has 0 aromatic heterocycles. The lowest BCUT2D eigenvalue weighted by molar-refractivity contribution is 0.297. The molecule has 1 heterocycles. The number of hydrogen-bond acceptors (Lipinski definition) is 3. The summed E-state index contributed by atoms with van der Waals surface area (Å²) in [4.78, 5) is 1.83. The van der Waals surface area contributed by atoms with Crippen LogP contribution in [0.2, 0.25) is 0 Å². The fourth-order valence-corrected chi connectivity index (χ4v) is 1.60. The first-order chi connectivity index (χ1) is 5.18. The smallest absolute Gasteiger partial charge is 0.114 e. The average molecular weight is 180 g/mol. The van der Waals surface area contributed by atoms with Crippen molar-refractivity contribution in [3.8, 4) is 0 Å². The van der Waals surface area contributed by atoms with Crippen molar-refractivity contribution < 1.29 is 13.2 Å². The topological polar surface area (TPSA) is 43.4 Å². The molecule has 0 aliphatic carbocycles. The Morgan fingerprint density at radius 1 is 1.73 bits per heavy atom. The first-order valence-electron chi connectivity index (χ1n) is 3.61. The van der Waals surface area contributed by atoms with Crippen molar-refractivity contribution in [2.24, 2.45) is 0 Å². The minimum atomic E-state index is -1.99. The second-order valence-electron chi connectivity index (χ2n) is 2.69. The van der Waals surface area contributed by atoms with Gasteiger partial charge in [0, 0.05) is 25.4 Å². The Hall–Kier alpha value is -0.0000000000000000555. The van der Waals surface area contributed by atoms with Gasteiger partial charge in [0.2, 0.25) is 0 Å². The first-order valence-corrected chi connectivity index (χ1v) is 4.85. The van der Waals surface area contributed by atoms with Gasteiger partial charge in [-0.05, 0) is 6.42 Å². The summed E-state index contributed by atoms with van der Waals surface area (Å²) in [6.07, 6.45) is -0.207. The van der Waals surface area contributed by atoms with E-state index in [2.05, 4.69) is 0 Å². The third kappa shape index (κ3) is 3.27. The minimum absolute atomic E-state index is 0.118. The van der Waals surface area contributed by atoms with Gasteiger partial charge in [0.1, 0.15) is 6.17 Å². The van der Waals surface area contributed by atoms with Crippen LogP contribution in [0.3, 0.4) is 0 Å². The third-order valence-corrected chi connectivity index (χ3v) is 2.30. The van der Waals surface area contributed by atoms with Crippen LogP contribution in [0.25, 0.3) is 0 Å². The second kappa shape index (κ2) is 4.13. The van der Waals surface area contributed by atoms with Crippen LogP contribution in [0.5, 0.6) is 0 Å². The van der Waals surface area contributed by atoms with Gasteiger partial charge in [0.05, 0.1) is 0 Å². The molecule has 1 fully saturated rings. The van der Waals surface area contributed by atoms with Crippen LogP contribution in [-0.4, -0.2) is 45.2 Å². The van der Waals surface area contributed by atoms with E-state index in [1.807, 2.05) is 4.90 Å². The standard InChI is InChI=1S/C6H12FNO2S/c7-6-1-2-8(5-6)3-4-11(9)10/h6H,1-5H2,(H,9,10)/p-1. The van der Waals surface area contributed by atoms with Crippen LogP contribution in [0, 0.1) is 0 Å². The maximum Gasteiger partial charge on any atom is 0.114 e. The zero-order valence-electron chi connectivity index (χ0n) is 6.16. The summed E-state index contributed by atoms with van der Waals surface area (Å²) in [6.45, 7) is 1.56. The van der Waals surface area contributed by atoms with Crippen molar-refractivity contribution >= 4 is 11.1 Å².